The molecule has 0 aliphatic carbocycles. The van der Waals surface area contributed by atoms with Crippen molar-refractivity contribution in [1.29, 1.82) is 0 Å². The van der Waals surface area contributed by atoms with E-state index in [1.807, 2.05) is 60.7 Å². The van der Waals surface area contributed by atoms with E-state index in [1.54, 1.807) is 6.07 Å². The van der Waals surface area contributed by atoms with Crippen molar-refractivity contribution in [3.63, 3.8) is 0 Å². The molecule has 0 radical (unpaired) electrons. The van der Waals surface area contributed by atoms with Gasteiger partial charge in [0.2, 0.25) is 0 Å². The Morgan fingerprint density at radius 3 is 1.79 bits per heavy atom. The Labute approximate surface area is 201 Å². The van der Waals surface area contributed by atoms with E-state index in [1.165, 1.54) is 0 Å². The van der Waals surface area contributed by atoms with Crippen molar-refractivity contribution in [2.24, 2.45) is 0 Å². The molecule has 2 N–H and O–H groups in total. The third kappa shape index (κ3) is 6.68. The van der Waals surface area contributed by atoms with E-state index >= 15 is 0 Å². The highest BCUT2D eigenvalue weighted by Gasteiger charge is 2.14. The molecule has 174 valence electrons. The minimum Gasteiger partial charge on any atom is -0.423 e. The van der Waals surface area contributed by atoms with Crippen molar-refractivity contribution >= 4 is 29.0 Å². The van der Waals surface area contributed by atoms with Gasteiger partial charge >= 0.3 is 7.12 Å². The highest BCUT2D eigenvalue weighted by atomic mass is 16.5. The van der Waals surface area contributed by atoms with Crippen molar-refractivity contribution in [1.82, 2.24) is 0 Å². The second kappa shape index (κ2) is 12.3. The first kappa shape index (κ1) is 24.0. The van der Waals surface area contributed by atoms with E-state index in [4.69, 9.17) is 9.47 Å². The lowest BCUT2D eigenvalue weighted by atomic mass is 9.79. The van der Waals surface area contributed by atoms with Crippen LogP contribution in [0.4, 0.5) is 5.69 Å². The molecule has 0 amide bonds. The summed E-state index contributed by atoms with van der Waals surface area (Å²) in [6.45, 7) is 3.74. The molecule has 0 spiro atoms. The van der Waals surface area contributed by atoms with E-state index in [0.717, 1.165) is 27.6 Å². The van der Waals surface area contributed by atoms with Crippen molar-refractivity contribution in [3.05, 3.63) is 108 Å². The first-order chi connectivity index (χ1) is 16.7. The summed E-state index contributed by atoms with van der Waals surface area (Å²) in [5, 5.41) is 21.1. The van der Waals surface area contributed by atoms with Gasteiger partial charge in [-0.25, -0.2) is 0 Å². The summed E-state index contributed by atoms with van der Waals surface area (Å²) in [6.07, 6.45) is 0. The maximum Gasteiger partial charge on any atom is 0.488 e. The summed E-state index contributed by atoms with van der Waals surface area (Å²) in [6, 6.07) is 31.9. The van der Waals surface area contributed by atoms with Crippen LogP contribution in [0.3, 0.4) is 0 Å². The number of anilines is 1. The van der Waals surface area contributed by atoms with Gasteiger partial charge in [-0.3, -0.25) is 0 Å². The zero-order valence-electron chi connectivity index (χ0n) is 19.2. The van der Waals surface area contributed by atoms with Gasteiger partial charge in [-0.15, -0.1) is 0 Å². The Balaban J connectivity index is 1.44. The van der Waals surface area contributed by atoms with Gasteiger partial charge in [0.05, 0.1) is 26.4 Å². The fraction of sp³-hybridized carbons (Fsp3) is 0.214. The quantitative estimate of drug-likeness (QED) is 0.252. The van der Waals surface area contributed by atoms with Gasteiger partial charge in [0.1, 0.15) is 0 Å². The summed E-state index contributed by atoms with van der Waals surface area (Å²) in [4.78, 5) is 2.27. The molecular formula is C28H30BNO4. The van der Waals surface area contributed by atoms with Gasteiger partial charge in [0, 0.05) is 24.2 Å². The Bertz CT molecular complexity index is 1110. The molecule has 0 heterocycles. The molecule has 0 fully saturated rings. The number of ether oxygens (including phenoxy) is 2. The van der Waals surface area contributed by atoms with E-state index in [0.29, 0.717) is 45.0 Å². The summed E-state index contributed by atoms with van der Waals surface area (Å²) in [5.41, 5.74) is 3.86. The molecule has 4 rings (SSSR count). The minimum absolute atomic E-state index is 0.480. The number of fused-ring (bicyclic) bond motifs is 1. The van der Waals surface area contributed by atoms with Crippen LogP contribution in [0.15, 0.2) is 97.1 Å². The number of nitrogens with zero attached hydrogens (tertiary/aromatic N) is 1. The van der Waals surface area contributed by atoms with Crippen LogP contribution >= 0.6 is 0 Å². The summed E-state index contributed by atoms with van der Waals surface area (Å²) in [5.74, 6) is 0. The van der Waals surface area contributed by atoms with Crippen LogP contribution in [0.2, 0.25) is 0 Å². The Hall–Kier alpha value is -3.16. The van der Waals surface area contributed by atoms with Crippen LogP contribution in [0.5, 0.6) is 0 Å². The molecule has 0 unspecified atom stereocenters. The van der Waals surface area contributed by atoms with Crippen LogP contribution < -0.4 is 10.4 Å². The maximum absolute atomic E-state index is 9.55. The predicted molar refractivity (Wildman–Crippen MR) is 138 cm³/mol. The number of benzene rings is 4. The van der Waals surface area contributed by atoms with Gasteiger partial charge in [0.15, 0.2) is 0 Å². The van der Waals surface area contributed by atoms with Crippen LogP contribution in [0.25, 0.3) is 10.8 Å². The summed E-state index contributed by atoms with van der Waals surface area (Å²) < 4.78 is 11.9. The molecule has 0 aliphatic heterocycles. The molecule has 0 saturated heterocycles. The van der Waals surface area contributed by atoms with Gasteiger partial charge in [-0.2, -0.15) is 0 Å². The third-order valence-electron chi connectivity index (χ3n) is 5.75. The lowest BCUT2D eigenvalue weighted by molar-refractivity contribution is 0.115. The van der Waals surface area contributed by atoms with Gasteiger partial charge in [-0.05, 0) is 28.0 Å². The molecule has 6 heteroatoms. The normalized spacial score (nSPS) is 11.0. The summed E-state index contributed by atoms with van der Waals surface area (Å²) >= 11 is 0. The highest BCUT2D eigenvalue weighted by Crippen LogP contribution is 2.26. The number of hydrogen-bond donors (Lipinski definition) is 2. The van der Waals surface area contributed by atoms with E-state index in [-0.39, 0.29) is 0 Å². The first-order valence-corrected chi connectivity index (χ1v) is 11.6. The van der Waals surface area contributed by atoms with Gasteiger partial charge in [0.25, 0.3) is 0 Å². The van der Waals surface area contributed by atoms with Crippen molar-refractivity contribution in [3.8, 4) is 0 Å². The average molecular weight is 455 g/mol. The lowest BCUT2D eigenvalue weighted by Gasteiger charge is -2.26. The lowest BCUT2D eigenvalue weighted by Crippen LogP contribution is -2.32. The average Bonchev–Trinajstić information content (AvgIpc) is 2.88. The number of hydrogen-bond acceptors (Lipinski definition) is 5. The molecule has 4 aromatic carbocycles. The minimum atomic E-state index is -1.48. The van der Waals surface area contributed by atoms with E-state index in [9.17, 15) is 10.0 Å². The molecule has 34 heavy (non-hydrogen) atoms. The molecular weight excluding hydrogens is 425 g/mol. The van der Waals surface area contributed by atoms with Crippen LogP contribution in [0.1, 0.15) is 11.1 Å². The second-order valence-corrected chi connectivity index (χ2v) is 8.19. The molecule has 5 nitrogen and oxygen atoms in total. The molecule has 0 aromatic heterocycles. The van der Waals surface area contributed by atoms with E-state index in [2.05, 4.69) is 35.2 Å². The Morgan fingerprint density at radius 1 is 0.647 bits per heavy atom. The topological polar surface area (TPSA) is 62.2 Å². The van der Waals surface area contributed by atoms with Crippen molar-refractivity contribution in [2.75, 3.05) is 31.2 Å². The number of rotatable bonds is 12. The smallest absolute Gasteiger partial charge is 0.423 e. The summed E-state index contributed by atoms with van der Waals surface area (Å²) in [7, 11) is -1.48. The molecule has 0 aliphatic rings. The highest BCUT2D eigenvalue weighted by molar-refractivity contribution is 6.58. The molecule has 0 atom stereocenters. The van der Waals surface area contributed by atoms with Crippen LogP contribution in [0, 0.1) is 0 Å². The van der Waals surface area contributed by atoms with Gasteiger partial charge in [-0.1, -0.05) is 91.0 Å². The monoisotopic (exact) mass is 455 g/mol. The van der Waals surface area contributed by atoms with Crippen molar-refractivity contribution in [2.45, 2.75) is 13.2 Å². The maximum atomic E-state index is 9.55. The van der Waals surface area contributed by atoms with E-state index < -0.39 is 7.12 Å². The van der Waals surface area contributed by atoms with Crippen LogP contribution in [-0.2, 0) is 22.7 Å². The second-order valence-electron chi connectivity index (χ2n) is 8.19. The van der Waals surface area contributed by atoms with Crippen molar-refractivity contribution < 1.29 is 19.5 Å². The molecule has 4 aromatic rings. The third-order valence-corrected chi connectivity index (χ3v) is 5.75. The van der Waals surface area contributed by atoms with Crippen LogP contribution in [-0.4, -0.2) is 43.5 Å². The zero-order valence-corrected chi connectivity index (χ0v) is 19.2. The molecule has 0 bridgehead atoms. The fourth-order valence-corrected chi connectivity index (χ4v) is 3.95. The standard InChI is InChI=1S/C28H30BNO4/c31-29(32)26-14-15-27-25(20-26)12-7-13-28(27)30(16-18-33-21-23-8-3-1-4-9-23)17-19-34-22-24-10-5-2-6-11-24/h1-15,20,31-32H,16-19,21-22H2. The first-order valence-electron chi connectivity index (χ1n) is 11.6. The Morgan fingerprint density at radius 2 is 1.24 bits per heavy atom. The fourth-order valence-electron chi connectivity index (χ4n) is 3.95. The zero-order chi connectivity index (χ0) is 23.6. The van der Waals surface area contributed by atoms with Gasteiger partial charge < -0.3 is 24.4 Å². The SMILES string of the molecule is OB(O)c1ccc2c(N(CCOCc3ccccc3)CCOCc3ccccc3)cccc2c1. The predicted octanol–water partition coefficient (Wildman–Crippen LogP) is 3.76. The Kier molecular flexibility index (Phi) is 8.71. The largest absolute Gasteiger partial charge is 0.488 e. The molecule has 0 saturated carbocycles.